The van der Waals surface area contributed by atoms with E-state index >= 15 is 0 Å². The van der Waals surface area contributed by atoms with Gasteiger partial charge in [0.1, 0.15) is 12.4 Å². The van der Waals surface area contributed by atoms with Crippen LogP contribution in [0.25, 0.3) is 0 Å². The van der Waals surface area contributed by atoms with Crippen LogP contribution < -0.4 is 34.3 Å². The molecular formula is C20H25N3O5. The van der Waals surface area contributed by atoms with Crippen LogP contribution in [0, 0.1) is 0 Å². The summed E-state index contributed by atoms with van der Waals surface area (Å²) in [4.78, 5) is 4.22. The van der Waals surface area contributed by atoms with Crippen molar-refractivity contribution in [2.75, 3.05) is 46.0 Å². The summed E-state index contributed by atoms with van der Waals surface area (Å²) in [5, 5.41) is 6.43. The highest BCUT2D eigenvalue weighted by molar-refractivity contribution is 5.93. The summed E-state index contributed by atoms with van der Waals surface area (Å²) in [6.45, 7) is 3.78. The van der Waals surface area contributed by atoms with E-state index in [0.717, 1.165) is 17.2 Å². The molecule has 0 fully saturated rings. The van der Waals surface area contributed by atoms with E-state index in [1.54, 1.807) is 14.2 Å². The number of benzene rings is 2. The zero-order valence-corrected chi connectivity index (χ0v) is 16.3. The van der Waals surface area contributed by atoms with Crippen molar-refractivity contribution in [2.45, 2.75) is 6.92 Å². The summed E-state index contributed by atoms with van der Waals surface area (Å²) < 4.78 is 27.3. The standard InChI is InChI=1S/C20H25N3O5/c1-4-25-18-11-14(5-7-16(18)24-3)23-20(21-2)22-9-10-26-15-6-8-17-19(12-15)28-13-27-17/h5-8,11-12H,4,9-10,13H2,1-3H3,(H2,21,22,23). The Balaban J connectivity index is 1.49. The monoisotopic (exact) mass is 387 g/mol. The molecule has 0 saturated heterocycles. The predicted octanol–water partition coefficient (Wildman–Crippen LogP) is 2.89. The largest absolute Gasteiger partial charge is 0.493 e. The van der Waals surface area contributed by atoms with Gasteiger partial charge in [0, 0.05) is 24.9 Å². The van der Waals surface area contributed by atoms with Crippen LogP contribution in [-0.4, -0.2) is 46.7 Å². The van der Waals surface area contributed by atoms with Gasteiger partial charge in [0.05, 0.1) is 20.3 Å². The third-order valence-corrected chi connectivity index (χ3v) is 3.96. The van der Waals surface area contributed by atoms with E-state index in [4.69, 9.17) is 23.7 Å². The predicted molar refractivity (Wildman–Crippen MR) is 107 cm³/mol. The molecule has 1 aliphatic rings. The fourth-order valence-electron chi connectivity index (χ4n) is 2.64. The molecule has 0 amide bonds. The molecule has 0 saturated carbocycles. The van der Waals surface area contributed by atoms with Crippen molar-refractivity contribution < 1.29 is 23.7 Å². The minimum Gasteiger partial charge on any atom is -0.493 e. The molecule has 150 valence electrons. The molecule has 0 spiro atoms. The number of rotatable bonds is 8. The van der Waals surface area contributed by atoms with Crippen LogP contribution in [0.3, 0.4) is 0 Å². The van der Waals surface area contributed by atoms with Crippen LogP contribution >= 0.6 is 0 Å². The van der Waals surface area contributed by atoms with Crippen LogP contribution in [0.1, 0.15) is 6.92 Å². The molecule has 0 radical (unpaired) electrons. The number of guanidine groups is 1. The summed E-state index contributed by atoms with van der Waals surface area (Å²) in [7, 11) is 3.33. The first-order chi connectivity index (χ1) is 13.7. The highest BCUT2D eigenvalue weighted by Crippen LogP contribution is 2.35. The van der Waals surface area contributed by atoms with Gasteiger partial charge in [-0.2, -0.15) is 0 Å². The zero-order chi connectivity index (χ0) is 19.8. The van der Waals surface area contributed by atoms with Gasteiger partial charge < -0.3 is 34.3 Å². The maximum Gasteiger partial charge on any atom is 0.231 e. The van der Waals surface area contributed by atoms with Crippen molar-refractivity contribution in [3.8, 4) is 28.7 Å². The van der Waals surface area contributed by atoms with Gasteiger partial charge in [-0.1, -0.05) is 0 Å². The van der Waals surface area contributed by atoms with Gasteiger partial charge in [-0.05, 0) is 31.2 Å². The number of nitrogens with zero attached hydrogens (tertiary/aromatic N) is 1. The maximum atomic E-state index is 5.74. The number of nitrogens with one attached hydrogen (secondary N) is 2. The lowest BCUT2D eigenvalue weighted by molar-refractivity contribution is 0.173. The Morgan fingerprint density at radius 3 is 2.71 bits per heavy atom. The van der Waals surface area contributed by atoms with Crippen LogP contribution in [0.2, 0.25) is 0 Å². The molecule has 2 N–H and O–H groups in total. The second-order valence-corrected chi connectivity index (χ2v) is 5.79. The Hall–Kier alpha value is -3.29. The molecule has 0 aromatic heterocycles. The number of hydrogen-bond acceptors (Lipinski definition) is 6. The van der Waals surface area contributed by atoms with Crippen LogP contribution in [0.15, 0.2) is 41.4 Å². The first-order valence-corrected chi connectivity index (χ1v) is 9.04. The highest BCUT2D eigenvalue weighted by atomic mass is 16.7. The molecule has 2 aromatic carbocycles. The van der Waals surface area contributed by atoms with Gasteiger partial charge in [0.2, 0.25) is 6.79 Å². The fourth-order valence-corrected chi connectivity index (χ4v) is 2.64. The Kier molecular flexibility index (Phi) is 6.67. The minimum absolute atomic E-state index is 0.249. The Morgan fingerprint density at radius 2 is 1.93 bits per heavy atom. The van der Waals surface area contributed by atoms with Crippen molar-refractivity contribution in [3.63, 3.8) is 0 Å². The van der Waals surface area contributed by atoms with E-state index in [1.165, 1.54) is 0 Å². The lowest BCUT2D eigenvalue weighted by Crippen LogP contribution is -2.33. The van der Waals surface area contributed by atoms with Crippen molar-refractivity contribution in [3.05, 3.63) is 36.4 Å². The van der Waals surface area contributed by atoms with Crippen LogP contribution in [0.5, 0.6) is 28.7 Å². The van der Waals surface area contributed by atoms with Gasteiger partial charge >= 0.3 is 0 Å². The molecule has 0 atom stereocenters. The summed E-state index contributed by atoms with van der Waals surface area (Å²) in [5.41, 5.74) is 0.842. The van der Waals surface area contributed by atoms with Gasteiger partial charge in [-0.3, -0.25) is 4.99 Å². The number of methoxy groups -OCH3 is 1. The van der Waals surface area contributed by atoms with Crippen LogP contribution in [-0.2, 0) is 0 Å². The van der Waals surface area contributed by atoms with E-state index in [1.807, 2.05) is 43.3 Å². The lowest BCUT2D eigenvalue weighted by atomic mass is 10.2. The van der Waals surface area contributed by atoms with E-state index in [9.17, 15) is 0 Å². The average molecular weight is 387 g/mol. The van der Waals surface area contributed by atoms with E-state index in [0.29, 0.717) is 43.0 Å². The minimum atomic E-state index is 0.249. The average Bonchev–Trinajstić information content (AvgIpc) is 3.18. The number of hydrogen-bond donors (Lipinski definition) is 2. The van der Waals surface area contributed by atoms with E-state index in [2.05, 4.69) is 15.6 Å². The molecule has 0 bridgehead atoms. The third kappa shape index (κ3) is 4.91. The zero-order valence-electron chi connectivity index (χ0n) is 16.3. The highest BCUT2D eigenvalue weighted by Gasteiger charge is 2.13. The Morgan fingerprint density at radius 1 is 1.07 bits per heavy atom. The smallest absolute Gasteiger partial charge is 0.231 e. The molecular weight excluding hydrogens is 362 g/mol. The number of ether oxygens (including phenoxy) is 5. The Bertz CT molecular complexity index is 825. The molecule has 28 heavy (non-hydrogen) atoms. The normalized spacial score (nSPS) is 12.5. The van der Waals surface area contributed by atoms with Crippen LogP contribution in [0.4, 0.5) is 5.69 Å². The molecule has 0 aliphatic carbocycles. The van der Waals surface area contributed by atoms with Gasteiger partial charge in [-0.15, -0.1) is 0 Å². The molecule has 2 aromatic rings. The quantitative estimate of drug-likeness (QED) is 0.409. The molecule has 0 unspecified atom stereocenters. The fraction of sp³-hybridized carbons (Fsp3) is 0.350. The number of fused-ring (bicyclic) bond motifs is 1. The SMILES string of the molecule is CCOc1cc(NC(=NC)NCCOc2ccc3c(c2)OCO3)ccc1OC. The summed E-state index contributed by atoms with van der Waals surface area (Å²) in [6.07, 6.45) is 0. The third-order valence-electron chi connectivity index (χ3n) is 3.96. The van der Waals surface area contributed by atoms with Crippen molar-refractivity contribution >= 4 is 11.6 Å². The Labute approximate surface area is 164 Å². The first-order valence-electron chi connectivity index (χ1n) is 9.04. The molecule has 8 nitrogen and oxygen atoms in total. The number of anilines is 1. The summed E-state index contributed by atoms with van der Waals surface area (Å²) >= 11 is 0. The van der Waals surface area contributed by atoms with Crippen molar-refractivity contribution in [1.82, 2.24) is 5.32 Å². The van der Waals surface area contributed by atoms with Crippen molar-refractivity contribution in [1.29, 1.82) is 0 Å². The van der Waals surface area contributed by atoms with Gasteiger partial charge in [-0.25, -0.2) is 0 Å². The second kappa shape index (κ2) is 9.59. The summed E-state index contributed by atoms with van der Waals surface area (Å²) in [6, 6.07) is 11.1. The molecule has 3 rings (SSSR count). The van der Waals surface area contributed by atoms with Gasteiger partial charge in [0.25, 0.3) is 0 Å². The first kappa shape index (κ1) is 19.5. The lowest BCUT2D eigenvalue weighted by Gasteiger charge is -2.15. The van der Waals surface area contributed by atoms with E-state index < -0.39 is 0 Å². The second-order valence-electron chi connectivity index (χ2n) is 5.79. The topological polar surface area (TPSA) is 82.6 Å². The number of aliphatic imine (C=N–C) groups is 1. The molecule has 1 aliphatic heterocycles. The van der Waals surface area contributed by atoms with Crippen molar-refractivity contribution in [2.24, 2.45) is 4.99 Å². The molecule has 8 heteroatoms. The van der Waals surface area contributed by atoms with Gasteiger partial charge in [0.15, 0.2) is 29.0 Å². The maximum absolute atomic E-state index is 5.74. The molecule has 1 heterocycles. The summed E-state index contributed by atoms with van der Waals surface area (Å²) in [5.74, 6) is 4.16. The van der Waals surface area contributed by atoms with E-state index in [-0.39, 0.29) is 6.79 Å².